The molecule has 4 saturated carbocycles. The highest BCUT2D eigenvalue weighted by atomic mass is 16.6. The van der Waals surface area contributed by atoms with E-state index in [1.165, 1.54) is 6.07 Å². The molecule has 8 heteroatoms. The fourth-order valence-corrected chi connectivity index (χ4v) is 9.57. The zero-order valence-electron chi connectivity index (χ0n) is 24.0. The first-order valence-corrected chi connectivity index (χ1v) is 15.0. The summed E-state index contributed by atoms with van der Waals surface area (Å²) in [6.45, 7) is 4.50. The first kappa shape index (κ1) is 28.2. The van der Waals surface area contributed by atoms with Crippen molar-refractivity contribution in [3.8, 4) is 0 Å². The van der Waals surface area contributed by atoms with Gasteiger partial charge in [-0.15, -0.1) is 0 Å². The molecule has 4 fully saturated rings. The van der Waals surface area contributed by atoms with Crippen molar-refractivity contribution in [1.82, 2.24) is 0 Å². The largest absolute Gasteiger partial charge is 0.454 e. The van der Waals surface area contributed by atoms with Crippen molar-refractivity contribution in [2.24, 2.45) is 28.4 Å². The zero-order valence-corrected chi connectivity index (χ0v) is 24.0. The number of carbonyl (C=O) groups is 2. The molecule has 1 aromatic heterocycles. The van der Waals surface area contributed by atoms with Gasteiger partial charge in [0.15, 0.2) is 0 Å². The minimum Gasteiger partial charge on any atom is -0.454 e. The summed E-state index contributed by atoms with van der Waals surface area (Å²) in [5.74, 6) is -1.42. The fourth-order valence-electron chi connectivity index (χ4n) is 9.57. The summed E-state index contributed by atoms with van der Waals surface area (Å²) >= 11 is 0. The van der Waals surface area contributed by atoms with Crippen molar-refractivity contribution < 1.29 is 28.6 Å². The van der Waals surface area contributed by atoms with Crippen molar-refractivity contribution in [2.45, 2.75) is 101 Å². The number of aliphatic hydroxyl groups is 1. The van der Waals surface area contributed by atoms with Gasteiger partial charge in [0, 0.05) is 17.0 Å². The Morgan fingerprint density at radius 3 is 2.49 bits per heavy atom. The first-order chi connectivity index (χ1) is 19.5. The molecule has 0 spiro atoms. The third kappa shape index (κ3) is 4.36. The van der Waals surface area contributed by atoms with Crippen LogP contribution in [0.15, 0.2) is 57.9 Å². The maximum absolute atomic E-state index is 12.5. The van der Waals surface area contributed by atoms with Crippen LogP contribution in [0, 0.1) is 22.7 Å². The maximum atomic E-state index is 12.5. The predicted molar refractivity (Wildman–Crippen MR) is 150 cm³/mol. The minimum atomic E-state index is -1.04. The monoisotopic (exact) mass is 563 g/mol. The minimum absolute atomic E-state index is 0.0296. The average Bonchev–Trinajstić information content (AvgIpc) is 3.25. The highest BCUT2D eigenvalue weighted by Crippen LogP contribution is 2.71. The topological polar surface area (TPSA) is 129 Å². The van der Waals surface area contributed by atoms with Gasteiger partial charge >= 0.3 is 17.6 Å². The maximum Gasteiger partial charge on any atom is 0.417 e. The molecule has 1 unspecified atom stereocenters. The molecule has 0 amide bonds. The van der Waals surface area contributed by atoms with Crippen molar-refractivity contribution in [2.75, 3.05) is 0 Å². The predicted octanol–water partition coefficient (Wildman–Crippen LogP) is 4.62. The fraction of sp³-hybridized carbons (Fsp3) is 0.606. The number of hydrogen-bond acceptors (Lipinski definition) is 8. The second-order valence-corrected chi connectivity index (χ2v) is 13.5. The Morgan fingerprint density at radius 2 is 1.76 bits per heavy atom. The van der Waals surface area contributed by atoms with Crippen LogP contribution in [0.4, 0.5) is 0 Å². The van der Waals surface area contributed by atoms with Crippen LogP contribution < -0.4 is 11.4 Å². The molecular formula is C33H41NO7. The molecule has 1 aromatic carbocycles. The summed E-state index contributed by atoms with van der Waals surface area (Å²) in [7, 11) is 0. The van der Waals surface area contributed by atoms with Crippen LogP contribution in [0.3, 0.4) is 0 Å². The Bertz CT molecular complexity index is 1350. The Balaban J connectivity index is 1.14. The van der Waals surface area contributed by atoms with Gasteiger partial charge in [-0.05, 0) is 98.1 Å². The van der Waals surface area contributed by atoms with Crippen LogP contribution >= 0.6 is 0 Å². The highest BCUT2D eigenvalue weighted by molar-refractivity contribution is 6.29. The van der Waals surface area contributed by atoms with E-state index in [-0.39, 0.29) is 41.5 Å². The van der Waals surface area contributed by atoms with E-state index < -0.39 is 28.5 Å². The molecule has 0 bridgehead atoms. The van der Waals surface area contributed by atoms with E-state index in [0.29, 0.717) is 25.7 Å². The lowest BCUT2D eigenvalue weighted by Crippen LogP contribution is -2.76. The molecule has 4 aliphatic rings. The quantitative estimate of drug-likeness (QED) is 0.407. The number of benzene rings is 1. The van der Waals surface area contributed by atoms with Crippen molar-refractivity contribution in [3.63, 3.8) is 0 Å². The Morgan fingerprint density at radius 1 is 0.976 bits per heavy atom. The Labute approximate surface area is 240 Å². The number of esters is 2. The number of ether oxygens (including phenoxy) is 2. The van der Waals surface area contributed by atoms with Crippen molar-refractivity contribution in [3.05, 3.63) is 70.3 Å². The van der Waals surface area contributed by atoms with Crippen LogP contribution in [0.1, 0.15) is 88.7 Å². The number of carbonyl (C=O) groups excluding carboxylic acids is 2. The first-order valence-electron chi connectivity index (χ1n) is 15.0. The van der Waals surface area contributed by atoms with E-state index in [2.05, 4.69) is 13.8 Å². The van der Waals surface area contributed by atoms with E-state index in [9.17, 15) is 19.5 Å². The van der Waals surface area contributed by atoms with Crippen molar-refractivity contribution in [1.29, 1.82) is 0 Å². The summed E-state index contributed by atoms with van der Waals surface area (Å²) < 4.78 is 16.0. The van der Waals surface area contributed by atoms with E-state index >= 15 is 0 Å². The summed E-state index contributed by atoms with van der Waals surface area (Å²) in [5, 5.41) is 12.5. The van der Waals surface area contributed by atoms with Gasteiger partial charge in [0.1, 0.15) is 12.7 Å². The second kappa shape index (κ2) is 10.1. The molecular weight excluding hydrogens is 522 g/mol. The lowest BCUT2D eigenvalue weighted by atomic mass is 9.40. The SMILES string of the molecule is CC12CC[C@H](OC(=O)C(=O)OCc3ccccc3)C[C@H]1CC[C@]1(N)[C@@H]2CC[C@]2(C)[C@@H](c3ccc(=O)oc3)CC[C@@]21O. The number of rotatable bonds is 4. The van der Waals surface area contributed by atoms with Gasteiger partial charge < -0.3 is 24.7 Å². The number of fused-ring (bicyclic) bond motifs is 5. The van der Waals surface area contributed by atoms with E-state index in [4.69, 9.17) is 19.6 Å². The van der Waals surface area contributed by atoms with Crippen LogP contribution in [0.2, 0.25) is 0 Å². The normalized spacial score (nSPS) is 39.6. The molecule has 8 atom stereocenters. The molecule has 3 N–H and O–H groups in total. The lowest BCUT2D eigenvalue weighted by Gasteiger charge is -2.68. The smallest absolute Gasteiger partial charge is 0.417 e. The van der Waals surface area contributed by atoms with Crippen molar-refractivity contribution >= 4 is 11.9 Å². The lowest BCUT2D eigenvalue weighted by molar-refractivity contribution is -0.219. The molecule has 41 heavy (non-hydrogen) atoms. The van der Waals surface area contributed by atoms with Crippen LogP contribution in [0.25, 0.3) is 0 Å². The van der Waals surface area contributed by atoms with Crippen LogP contribution in [0.5, 0.6) is 0 Å². The average molecular weight is 564 g/mol. The van der Waals surface area contributed by atoms with Crippen LogP contribution in [-0.4, -0.2) is 34.3 Å². The molecule has 0 aliphatic heterocycles. The summed E-state index contributed by atoms with van der Waals surface area (Å²) in [6.07, 6.45) is 8.06. The number of hydrogen-bond donors (Lipinski definition) is 2. The Hall–Kier alpha value is -2.97. The van der Waals surface area contributed by atoms with E-state index in [1.54, 1.807) is 6.26 Å². The number of nitrogens with two attached hydrogens (primary N) is 1. The van der Waals surface area contributed by atoms with Gasteiger partial charge in [-0.3, -0.25) is 0 Å². The molecule has 0 saturated heterocycles. The highest BCUT2D eigenvalue weighted by Gasteiger charge is 2.73. The van der Waals surface area contributed by atoms with Gasteiger partial charge in [0.05, 0.1) is 11.9 Å². The molecule has 220 valence electrons. The zero-order chi connectivity index (χ0) is 29.0. The van der Waals surface area contributed by atoms with Gasteiger partial charge in [-0.2, -0.15) is 0 Å². The summed E-state index contributed by atoms with van der Waals surface area (Å²) in [5.41, 5.74) is 6.49. The molecule has 4 aliphatic carbocycles. The Kier molecular flexibility index (Phi) is 6.93. The third-order valence-electron chi connectivity index (χ3n) is 11.8. The standard InChI is InChI=1S/C33H41NO7/c1-30-14-11-24(41-29(37)28(36)40-19-21-6-4-3-5-7-21)18-23(30)10-16-32(34)26(30)13-15-31(2)25(12-17-33(31,32)38)22-8-9-27(35)39-20-22/h3-9,20,23-26,38H,10-19,34H2,1-2H3/t23-,24+,25-,26-,30?,31-,32+,33-/m1/s1. The second-order valence-electron chi connectivity index (χ2n) is 13.5. The molecule has 6 rings (SSSR count). The van der Waals surface area contributed by atoms with Crippen LogP contribution in [-0.2, 0) is 25.7 Å². The van der Waals surface area contributed by atoms with Gasteiger partial charge in [0.2, 0.25) is 0 Å². The summed E-state index contributed by atoms with van der Waals surface area (Å²) in [4.78, 5) is 36.4. The third-order valence-corrected chi connectivity index (χ3v) is 11.8. The molecule has 2 aromatic rings. The van der Waals surface area contributed by atoms with Gasteiger partial charge in [0.25, 0.3) is 0 Å². The van der Waals surface area contributed by atoms with E-state index in [0.717, 1.165) is 43.2 Å². The molecule has 8 nitrogen and oxygen atoms in total. The molecule has 1 heterocycles. The van der Waals surface area contributed by atoms with E-state index in [1.807, 2.05) is 36.4 Å². The molecule has 0 radical (unpaired) electrons. The summed E-state index contributed by atoms with van der Waals surface area (Å²) in [6, 6.07) is 12.5. The van der Waals surface area contributed by atoms with Gasteiger partial charge in [-0.25, -0.2) is 14.4 Å². The van der Waals surface area contributed by atoms with Gasteiger partial charge in [-0.1, -0.05) is 44.2 Å².